The summed E-state index contributed by atoms with van der Waals surface area (Å²) in [5.74, 6) is -0.536. The Bertz CT molecular complexity index is 937. The summed E-state index contributed by atoms with van der Waals surface area (Å²) >= 11 is 0. The molecule has 4 amide bonds. The van der Waals surface area contributed by atoms with Gasteiger partial charge in [-0.15, -0.1) is 0 Å². The van der Waals surface area contributed by atoms with Crippen LogP contribution in [-0.2, 0) is 33.3 Å². The molecule has 1 atom stereocenters. The van der Waals surface area contributed by atoms with Crippen LogP contribution in [0.4, 0.5) is 9.59 Å². The number of nitrogens with one attached hydrogen (secondary N) is 4. The first-order valence-electron chi connectivity index (χ1n) is 16.3. The predicted octanol–water partition coefficient (Wildman–Crippen LogP) is 2.46. The lowest BCUT2D eigenvalue weighted by Gasteiger charge is -2.20. The molecule has 264 valence electrons. The van der Waals surface area contributed by atoms with Crippen molar-refractivity contribution in [1.82, 2.24) is 21.3 Å². The number of nitrogens with two attached hydrogens (primary N) is 1. The highest BCUT2D eigenvalue weighted by Crippen LogP contribution is 2.10. The number of alkyl carbamates (subject to hydrolysis) is 2. The summed E-state index contributed by atoms with van der Waals surface area (Å²) in [4.78, 5) is 48.7. The topological polar surface area (TPSA) is 189 Å². The highest BCUT2D eigenvalue weighted by atomic mass is 16.6. The number of carbonyl (C=O) groups excluding carboxylic acids is 4. The third-order valence-corrected chi connectivity index (χ3v) is 6.34. The first-order valence-corrected chi connectivity index (χ1v) is 16.3. The molecule has 0 spiro atoms. The summed E-state index contributed by atoms with van der Waals surface area (Å²) in [6.07, 6.45) is 10.4. The van der Waals surface area contributed by atoms with Crippen molar-refractivity contribution >= 4 is 24.0 Å². The van der Waals surface area contributed by atoms with Gasteiger partial charge in [0.05, 0.1) is 39.6 Å². The Hall–Kier alpha value is -3.20. The van der Waals surface area contributed by atoms with E-state index < -0.39 is 23.8 Å². The highest BCUT2D eigenvalue weighted by molar-refractivity contribution is 5.87. The van der Waals surface area contributed by atoms with Gasteiger partial charge in [0.15, 0.2) is 0 Å². The molecule has 0 fully saturated rings. The van der Waals surface area contributed by atoms with Gasteiger partial charge in [0.1, 0.15) is 18.2 Å². The van der Waals surface area contributed by atoms with Crippen molar-refractivity contribution in [3.8, 4) is 0 Å². The second-order valence-corrected chi connectivity index (χ2v) is 11.7. The standard InChI is InChI=1S/C32H57N5O9/c1-32(2,3)46-31(41)35-17-9-7-13-27(29(39)34-16-10-8-15-33)37-28(38)14-19-42-21-23-44-24-22-43-20-18-36-30(40)45-25-26-11-5-4-6-12-26/h5,11-12,27H,4,6-10,13-25,33H2,1-3H3,(H,34,39)(H,35,41)(H,36,40)(H,37,38). The van der Waals surface area contributed by atoms with Gasteiger partial charge in [-0.05, 0) is 77.8 Å². The highest BCUT2D eigenvalue weighted by Gasteiger charge is 2.20. The smallest absolute Gasteiger partial charge is 0.407 e. The molecule has 0 saturated heterocycles. The summed E-state index contributed by atoms with van der Waals surface area (Å²) in [6.45, 7) is 9.31. The molecule has 0 bridgehead atoms. The molecule has 14 nitrogen and oxygen atoms in total. The van der Waals surface area contributed by atoms with E-state index in [2.05, 4.69) is 33.4 Å². The van der Waals surface area contributed by atoms with Crippen LogP contribution < -0.4 is 27.0 Å². The molecule has 0 aliphatic heterocycles. The number of hydrogen-bond acceptors (Lipinski definition) is 10. The Morgan fingerprint density at radius 1 is 0.804 bits per heavy atom. The van der Waals surface area contributed by atoms with Crippen LogP contribution >= 0.6 is 0 Å². The lowest BCUT2D eigenvalue weighted by molar-refractivity contribution is -0.129. The molecule has 0 aromatic heterocycles. The number of hydrogen-bond donors (Lipinski definition) is 5. The second kappa shape index (κ2) is 25.9. The molecule has 0 heterocycles. The van der Waals surface area contributed by atoms with Gasteiger partial charge in [0, 0.05) is 26.1 Å². The maximum atomic E-state index is 12.7. The van der Waals surface area contributed by atoms with Crippen LogP contribution in [0.5, 0.6) is 0 Å². The van der Waals surface area contributed by atoms with Gasteiger partial charge in [-0.25, -0.2) is 9.59 Å². The second-order valence-electron chi connectivity index (χ2n) is 11.7. The zero-order valence-corrected chi connectivity index (χ0v) is 28.0. The fraction of sp³-hybridized carbons (Fsp3) is 0.750. The number of unbranched alkanes of at least 4 members (excludes halogenated alkanes) is 2. The van der Waals surface area contributed by atoms with Gasteiger partial charge in [-0.3, -0.25) is 9.59 Å². The summed E-state index contributed by atoms with van der Waals surface area (Å²) < 4.78 is 26.7. The summed E-state index contributed by atoms with van der Waals surface area (Å²) in [7, 11) is 0. The van der Waals surface area contributed by atoms with Crippen LogP contribution in [-0.4, -0.2) is 108 Å². The molecule has 1 aliphatic carbocycles. The number of ether oxygens (including phenoxy) is 5. The van der Waals surface area contributed by atoms with E-state index in [4.69, 9.17) is 29.4 Å². The molecule has 1 unspecified atom stereocenters. The SMILES string of the molecule is CC(C)(C)OC(=O)NCCCCC(NC(=O)CCOCCOCCOCCNC(=O)OCC1=CCCC=C1)C(=O)NCCCCN. The number of amides is 4. The van der Waals surface area contributed by atoms with E-state index in [0.717, 1.165) is 31.3 Å². The van der Waals surface area contributed by atoms with Crippen LogP contribution in [0.15, 0.2) is 23.8 Å². The molecule has 1 rings (SSSR count). The number of allylic oxidation sites excluding steroid dienone is 2. The van der Waals surface area contributed by atoms with Crippen molar-refractivity contribution in [3.05, 3.63) is 23.8 Å². The van der Waals surface area contributed by atoms with Gasteiger partial charge in [0.2, 0.25) is 11.8 Å². The maximum absolute atomic E-state index is 12.7. The minimum absolute atomic E-state index is 0.101. The van der Waals surface area contributed by atoms with Crippen molar-refractivity contribution in [2.75, 3.05) is 72.4 Å². The molecule has 1 aliphatic rings. The molecular formula is C32H57N5O9. The molecule has 6 N–H and O–H groups in total. The van der Waals surface area contributed by atoms with Crippen molar-refractivity contribution in [3.63, 3.8) is 0 Å². The minimum Gasteiger partial charge on any atom is -0.445 e. The van der Waals surface area contributed by atoms with E-state index in [1.165, 1.54) is 0 Å². The summed E-state index contributed by atoms with van der Waals surface area (Å²) in [5.41, 5.74) is 5.94. The zero-order chi connectivity index (χ0) is 33.9. The van der Waals surface area contributed by atoms with E-state index in [0.29, 0.717) is 78.5 Å². The predicted molar refractivity (Wildman–Crippen MR) is 174 cm³/mol. The van der Waals surface area contributed by atoms with Crippen LogP contribution in [0.25, 0.3) is 0 Å². The Labute approximate surface area is 273 Å². The molecular weight excluding hydrogens is 598 g/mol. The van der Waals surface area contributed by atoms with Crippen LogP contribution in [0.1, 0.15) is 72.1 Å². The molecule has 46 heavy (non-hydrogen) atoms. The average Bonchev–Trinajstić information content (AvgIpc) is 3.01. The van der Waals surface area contributed by atoms with Gasteiger partial charge in [-0.1, -0.05) is 18.2 Å². The van der Waals surface area contributed by atoms with Crippen LogP contribution in [0.2, 0.25) is 0 Å². The lowest BCUT2D eigenvalue weighted by Crippen LogP contribution is -2.47. The lowest BCUT2D eigenvalue weighted by atomic mass is 10.1. The normalized spacial score (nSPS) is 13.3. The summed E-state index contributed by atoms with van der Waals surface area (Å²) in [6, 6.07) is -0.687. The third kappa shape index (κ3) is 24.1. The van der Waals surface area contributed by atoms with Gasteiger partial charge >= 0.3 is 12.2 Å². The summed E-state index contributed by atoms with van der Waals surface area (Å²) in [5, 5.41) is 11.0. The van der Waals surface area contributed by atoms with E-state index in [9.17, 15) is 19.2 Å². The maximum Gasteiger partial charge on any atom is 0.407 e. The molecule has 0 aromatic rings. The Kier molecular flexibility index (Phi) is 23.0. The van der Waals surface area contributed by atoms with Gasteiger partial charge in [-0.2, -0.15) is 0 Å². The van der Waals surface area contributed by atoms with Crippen molar-refractivity contribution in [2.24, 2.45) is 5.73 Å². The first kappa shape index (κ1) is 40.8. The van der Waals surface area contributed by atoms with E-state index in [-0.39, 0.29) is 31.4 Å². The van der Waals surface area contributed by atoms with Gasteiger partial charge in [0.25, 0.3) is 0 Å². The Morgan fingerprint density at radius 3 is 2.13 bits per heavy atom. The van der Waals surface area contributed by atoms with Crippen molar-refractivity contribution in [1.29, 1.82) is 0 Å². The van der Waals surface area contributed by atoms with E-state index in [1.807, 2.05) is 6.08 Å². The largest absolute Gasteiger partial charge is 0.445 e. The zero-order valence-electron chi connectivity index (χ0n) is 28.0. The third-order valence-electron chi connectivity index (χ3n) is 6.34. The number of rotatable bonds is 25. The van der Waals surface area contributed by atoms with Crippen LogP contribution in [0.3, 0.4) is 0 Å². The molecule has 0 saturated carbocycles. The fourth-order valence-electron chi connectivity index (χ4n) is 4.02. The number of carbonyl (C=O) groups is 4. The van der Waals surface area contributed by atoms with Crippen molar-refractivity contribution in [2.45, 2.75) is 83.8 Å². The van der Waals surface area contributed by atoms with Crippen molar-refractivity contribution < 1.29 is 42.9 Å². The minimum atomic E-state index is -0.687. The fourth-order valence-corrected chi connectivity index (χ4v) is 4.02. The first-order chi connectivity index (χ1) is 22.1. The van der Waals surface area contributed by atoms with E-state index >= 15 is 0 Å². The Morgan fingerprint density at radius 2 is 1.46 bits per heavy atom. The molecule has 0 radical (unpaired) electrons. The van der Waals surface area contributed by atoms with Gasteiger partial charge < -0.3 is 50.7 Å². The van der Waals surface area contributed by atoms with E-state index in [1.54, 1.807) is 20.8 Å². The monoisotopic (exact) mass is 655 g/mol. The average molecular weight is 656 g/mol. The molecule has 0 aromatic carbocycles. The molecule has 14 heteroatoms. The Balaban J connectivity index is 2.13. The van der Waals surface area contributed by atoms with Crippen LogP contribution in [0, 0.1) is 0 Å². The quantitative estimate of drug-likeness (QED) is 0.0914.